The van der Waals surface area contributed by atoms with Gasteiger partial charge in [0.25, 0.3) is 0 Å². The molecule has 0 fully saturated rings. The van der Waals surface area contributed by atoms with Gasteiger partial charge in [0, 0.05) is 11.4 Å². The smallest absolute Gasteiger partial charge is 0.205 e. The second kappa shape index (κ2) is 7.22. The molecule has 0 radical (unpaired) electrons. The van der Waals surface area contributed by atoms with Crippen LogP contribution in [0, 0.1) is 13.8 Å². The van der Waals surface area contributed by atoms with E-state index < -0.39 is 0 Å². The molecule has 130 valence electrons. The zero-order valence-corrected chi connectivity index (χ0v) is 15.5. The van der Waals surface area contributed by atoms with Crippen LogP contribution in [0.25, 0.3) is 17.3 Å². The van der Waals surface area contributed by atoms with Gasteiger partial charge in [-0.2, -0.15) is 0 Å². The third-order valence-electron chi connectivity index (χ3n) is 4.12. The fourth-order valence-corrected chi connectivity index (χ4v) is 3.70. The van der Waals surface area contributed by atoms with Gasteiger partial charge < -0.3 is 4.42 Å². The minimum Gasteiger partial charge on any atom is -0.461 e. The monoisotopic (exact) mass is 361 g/mol. The Morgan fingerprint density at radius 1 is 0.923 bits per heavy atom. The van der Waals surface area contributed by atoms with Crippen LogP contribution >= 0.6 is 11.8 Å². The van der Waals surface area contributed by atoms with E-state index in [1.165, 1.54) is 16.7 Å². The number of aryl methyl sites for hydroxylation is 2. The molecule has 2 heterocycles. The number of hydrogen-bond donors (Lipinski definition) is 0. The number of aromatic nitrogens is 3. The summed E-state index contributed by atoms with van der Waals surface area (Å²) in [5.74, 6) is 2.26. The molecule has 5 heteroatoms. The van der Waals surface area contributed by atoms with Gasteiger partial charge in [-0.25, -0.2) is 0 Å². The van der Waals surface area contributed by atoms with E-state index in [4.69, 9.17) is 4.42 Å². The molecule has 0 saturated heterocycles. The molecule has 4 nitrogen and oxygen atoms in total. The van der Waals surface area contributed by atoms with Crippen LogP contribution in [0.15, 0.2) is 76.5 Å². The van der Waals surface area contributed by atoms with E-state index in [-0.39, 0.29) is 0 Å². The molecule has 0 bridgehead atoms. The molecule has 0 unspecified atom stereocenters. The molecule has 0 aliphatic rings. The molecule has 0 N–H and O–H groups in total. The molecule has 4 rings (SSSR count). The van der Waals surface area contributed by atoms with Gasteiger partial charge in [-0.05, 0) is 43.7 Å². The maximum atomic E-state index is 5.56. The van der Waals surface area contributed by atoms with Crippen molar-refractivity contribution in [3.8, 4) is 17.3 Å². The van der Waals surface area contributed by atoms with Gasteiger partial charge in [-0.3, -0.25) is 4.57 Å². The third kappa shape index (κ3) is 3.44. The van der Waals surface area contributed by atoms with Crippen molar-refractivity contribution in [1.29, 1.82) is 0 Å². The maximum Gasteiger partial charge on any atom is 0.205 e. The Labute approximate surface area is 156 Å². The lowest BCUT2D eigenvalue weighted by atomic mass is 10.2. The summed E-state index contributed by atoms with van der Waals surface area (Å²) in [6.07, 6.45) is 1.66. The maximum absolute atomic E-state index is 5.56. The summed E-state index contributed by atoms with van der Waals surface area (Å²) < 4.78 is 7.62. The lowest BCUT2D eigenvalue weighted by Crippen LogP contribution is -1.99. The molecular formula is C21H19N3OS. The van der Waals surface area contributed by atoms with Gasteiger partial charge in [-0.1, -0.05) is 59.3 Å². The Balaban J connectivity index is 1.71. The molecule has 0 atom stereocenters. The van der Waals surface area contributed by atoms with Gasteiger partial charge in [0.2, 0.25) is 5.82 Å². The van der Waals surface area contributed by atoms with Gasteiger partial charge in [0.05, 0.1) is 6.26 Å². The van der Waals surface area contributed by atoms with Crippen molar-refractivity contribution >= 4 is 11.8 Å². The summed E-state index contributed by atoms with van der Waals surface area (Å²) in [5.41, 5.74) is 4.78. The van der Waals surface area contributed by atoms with Crippen molar-refractivity contribution < 1.29 is 4.42 Å². The molecule has 2 aromatic carbocycles. The van der Waals surface area contributed by atoms with E-state index in [9.17, 15) is 0 Å². The first kappa shape index (κ1) is 16.7. The number of furan rings is 1. The van der Waals surface area contributed by atoms with Crippen LogP contribution in [0.2, 0.25) is 0 Å². The van der Waals surface area contributed by atoms with E-state index in [0.717, 1.165) is 16.6 Å². The topological polar surface area (TPSA) is 43.9 Å². The highest BCUT2D eigenvalue weighted by Crippen LogP contribution is 2.30. The van der Waals surface area contributed by atoms with Gasteiger partial charge in [-0.15, -0.1) is 10.2 Å². The summed E-state index contributed by atoms with van der Waals surface area (Å²) >= 11 is 1.67. The first-order valence-corrected chi connectivity index (χ1v) is 9.44. The second-order valence-corrected chi connectivity index (χ2v) is 7.17. The molecule has 26 heavy (non-hydrogen) atoms. The van der Waals surface area contributed by atoms with E-state index in [1.807, 2.05) is 12.1 Å². The Bertz CT molecular complexity index is 1000. The normalized spacial score (nSPS) is 11.0. The third-order valence-corrected chi connectivity index (χ3v) is 5.12. The molecule has 2 aromatic heterocycles. The Kier molecular flexibility index (Phi) is 4.63. The largest absolute Gasteiger partial charge is 0.461 e. The van der Waals surface area contributed by atoms with E-state index in [2.05, 4.69) is 77.1 Å². The average molecular weight is 361 g/mol. The highest BCUT2D eigenvalue weighted by atomic mass is 32.2. The van der Waals surface area contributed by atoms with Crippen molar-refractivity contribution in [1.82, 2.24) is 14.8 Å². The second-order valence-electron chi connectivity index (χ2n) is 6.23. The minimum absolute atomic E-state index is 0.709. The zero-order chi connectivity index (χ0) is 17.9. The van der Waals surface area contributed by atoms with Crippen LogP contribution in [-0.4, -0.2) is 14.8 Å². The number of hydrogen-bond acceptors (Lipinski definition) is 4. The summed E-state index contributed by atoms with van der Waals surface area (Å²) in [5, 5.41) is 9.66. The molecule has 0 aliphatic heterocycles. The quantitative estimate of drug-likeness (QED) is 0.444. The molecule has 0 aliphatic carbocycles. The van der Waals surface area contributed by atoms with E-state index in [1.54, 1.807) is 18.0 Å². The highest BCUT2D eigenvalue weighted by molar-refractivity contribution is 7.98. The standard InChI is InChI=1S/C21H19N3OS/c1-15-8-10-18(11-9-15)24-20(19-7-4-12-25-19)22-23-21(24)26-14-17-6-3-5-16(2)13-17/h3-13H,14H2,1-2H3. The first-order valence-electron chi connectivity index (χ1n) is 8.45. The van der Waals surface area contributed by atoms with Crippen LogP contribution in [-0.2, 0) is 5.75 Å². The van der Waals surface area contributed by atoms with Crippen molar-refractivity contribution in [2.45, 2.75) is 24.8 Å². The molecular weight excluding hydrogens is 342 g/mol. The van der Waals surface area contributed by atoms with Crippen molar-refractivity contribution in [2.24, 2.45) is 0 Å². The van der Waals surface area contributed by atoms with Gasteiger partial charge in [0.1, 0.15) is 0 Å². The number of benzene rings is 2. The summed E-state index contributed by atoms with van der Waals surface area (Å²) in [6.45, 7) is 4.19. The molecule has 0 spiro atoms. The van der Waals surface area contributed by atoms with Gasteiger partial charge >= 0.3 is 0 Å². The average Bonchev–Trinajstić information content (AvgIpc) is 3.30. The van der Waals surface area contributed by atoms with Crippen LogP contribution in [0.3, 0.4) is 0 Å². The lowest BCUT2D eigenvalue weighted by molar-refractivity contribution is 0.575. The predicted octanol–water partition coefficient (Wildman–Crippen LogP) is 5.44. The molecule has 0 amide bonds. The van der Waals surface area contributed by atoms with Crippen LogP contribution in [0.4, 0.5) is 0 Å². The SMILES string of the molecule is Cc1ccc(-n2c(SCc3cccc(C)c3)nnc2-c2ccco2)cc1. The minimum atomic E-state index is 0.709. The van der Waals surface area contributed by atoms with E-state index >= 15 is 0 Å². The molecule has 0 saturated carbocycles. The van der Waals surface area contributed by atoms with Crippen molar-refractivity contribution in [3.05, 3.63) is 83.6 Å². The van der Waals surface area contributed by atoms with Gasteiger partial charge in [0.15, 0.2) is 10.9 Å². The van der Waals surface area contributed by atoms with Crippen LogP contribution in [0.5, 0.6) is 0 Å². The fourth-order valence-electron chi connectivity index (χ4n) is 2.81. The zero-order valence-electron chi connectivity index (χ0n) is 14.7. The van der Waals surface area contributed by atoms with E-state index in [0.29, 0.717) is 11.6 Å². The first-order chi connectivity index (χ1) is 12.7. The van der Waals surface area contributed by atoms with Crippen LogP contribution in [0.1, 0.15) is 16.7 Å². The predicted molar refractivity (Wildman–Crippen MR) is 105 cm³/mol. The number of rotatable bonds is 5. The summed E-state index contributed by atoms with van der Waals surface area (Å²) in [4.78, 5) is 0. The summed E-state index contributed by atoms with van der Waals surface area (Å²) in [7, 11) is 0. The Morgan fingerprint density at radius 3 is 2.50 bits per heavy atom. The van der Waals surface area contributed by atoms with Crippen molar-refractivity contribution in [2.75, 3.05) is 0 Å². The number of nitrogens with zero attached hydrogens (tertiary/aromatic N) is 3. The summed E-state index contributed by atoms with van der Waals surface area (Å²) in [6, 6.07) is 20.7. The molecule has 4 aromatic rings. The van der Waals surface area contributed by atoms with Crippen LogP contribution < -0.4 is 0 Å². The Morgan fingerprint density at radius 2 is 1.77 bits per heavy atom. The number of thioether (sulfide) groups is 1. The highest BCUT2D eigenvalue weighted by Gasteiger charge is 2.18. The van der Waals surface area contributed by atoms with Crippen molar-refractivity contribution in [3.63, 3.8) is 0 Å². The lowest BCUT2D eigenvalue weighted by Gasteiger charge is -2.10. The fraction of sp³-hybridized carbons (Fsp3) is 0.143. The Hall–Kier alpha value is -2.79.